The molecule has 1 aromatic rings. The summed E-state index contributed by atoms with van der Waals surface area (Å²) in [6.07, 6.45) is 2.31. The smallest absolute Gasteiger partial charge is 0.222 e. The van der Waals surface area contributed by atoms with Crippen molar-refractivity contribution >= 4 is 17.7 Å². The first-order valence-electron chi connectivity index (χ1n) is 5.69. The number of methoxy groups -OCH3 is 1. The van der Waals surface area contributed by atoms with Gasteiger partial charge in [0.15, 0.2) is 0 Å². The van der Waals surface area contributed by atoms with E-state index in [1.54, 1.807) is 24.9 Å². The molecule has 0 unspecified atom stereocenters. The van der Waals surface area contributed by atoms with Crippen LogP contribution in [0.25, 0.3) is 0 Å². The van der Waals surface area contributed by atoms with Crippen molar-refractivity contribution in [3.05, 3.63) is 35.1 Å². The van der Waals surface area contributed by atoms with Crippen LogP contribution in [-0.2, 0) is 21.8 Å². The number of thioether (sulfide) groups is 1. The Morgan fingerprint density at radius 2 is 2.22 bits per heavy atom. The molecule has 0 bridgehead atoms. The van der Waals surface area contributed by atoms with Crippen LogP contribution in [0.5, 0.6) is 0 Å². The summed E-state index contributed by atoms with van der Waals surface area (Å²) in [6, 6.07) is 4.66. The van der Waals surface area contributed by atoms with Crippen LogP contribution in [-0.4, -0.2) is 25.9 Å². The zero-order valence-corrected chi connectivity index (χ0v) is 11.5. The van der Waals surface area contributed by atoms with Crippen molar-refractivity contribution in [3.63, 3.8) is 0 Å². The van der Waals surface area contributed by atoms with Crippen molar-refractivity contribution in [1.29, 1.82) is 0 Å². The molecule has 0 spiro atoms. The third-order valence-electron chi connectivity index (χ3n) is 2.48. The first-order chi connectivity index (χ1) is 8.67. The van der Waals surface area contributed by atoms with Gasteiger partial charge in [-0.3, -0.25) is 4.79 Å². The van der Waals surface area contributed by atoms with E-state index in [0.29, 0.717) is 19.6 Å². The van der Waals surface area contributed by atoms with Gasteiger partial charge in [-0.25, -0.2) is 4.39 Å². The number of hydrogen-bond donors (Lipinski definition) is 1. The van der Waals surface area contributed by atoms with Gasteiger partial charge in [0.05, 0.1) is 6.61 Å². The molecule has 5 heteroatoms. The van der Waals surface area contributed by atoms with Crippen LogP contribution in [0.3, 0.4) is 0 Å². The second-order valence-corrected chi connectivity index (χ2v) is 4.73. The van der Waals surface area contributed by atoms with Crippen LogP contribution in [0.2, 0.25) is 0 Å². The normalized spacial score (nSPS) is 10.4. The minimum absolute atomic E-state index is 0.0590. The lowest BCUT2D eigenvalue weighted by atomic mass is 10.1. The second-order valence-electron chi connectivity index (χ2n) is 3.87. The minimum atomic E-state index is -0.242. The van der Waals surface area contributed by atoms with E-state index < -0.39 is 0 Å². The van der Waals surface area contributed by atoms with E-state index in [9.17, 15) is 9.18 Å². The SMILES string of the molecule is COCCC(=O)NCc1ccc(F)cc1CSC. The zero-order chi connectivity index (χ0) is 13.4. The molecule has 0 saturated heterocycles. The standard InChI is InChI=1S/C13H18FNO2S/c1-17-6-5-13(16)15-8-10-3-4-12(14)7-11(10)9-18-2/h3-4,7H,5-6,8-9H2,1-2H3,(H,15,16). The Bertz CT molecular complexity index is 399. The fourth-order valence-electron chi connectivity index (χ4n) is 1.53. The fourth-order valence-corrected chi connectivity index (χ4v) is 2.11. The molecular formula is C13H18FNO2S. The van der Waals surface area contributed by atoms with Crippen molar-refractivity contribution < 1.29 is 13.9 Å². The Balaban J connectivity index is 2.58. The first-order valence-corrected chi connectivity index (χ1v) is 7.08. The Hall–Kier alpha value is -1.07. The maximum atomic E-state index is 13.1. The Labute approximate surface area is 111 Å². The molecule has 0 aromatic heterocycles. The van der Waals surface area contributed by atoms with Crippen molar-refractivity contribution in [1.82, 2.24) is 5.32 Å². The molecule has 18 heavy (non-hydrogen) atoms. The lowest BCUT2D eigenvalue weighted by molar-refractivity contribution is -0.122. The van der Waals surface area contributed by atoms with E-state index in [4.69, 9.17) is 4.74 Å². The van der Waals surface area contributed by atoms with E-state index >= 15 is 0 Å². The molecule has 1 amide bonds. The fraction of sp³-hybridized carbons (Fsp3) is 0.462. The molecule has 0 saturated carbocycles. The van der Waals surface area contributed by atoms with Gasteiger partial charge in [0, 0.05) is 25.8 Å². The number of halogens is 1. The summed E-state index contributed by atoms with van der Waals surface area (Å²) in [5, 5.41) is 2.80. The summed E-state index contributed by atoms with van der Waals surface area (Å²) in [4.78, 5) is 11.4. The minimum Gasteiger partial charge on any atom is -0.384 e. The summed E-state index contributed by atoms with van der Waals surface area (Å²) in [7, 11) is 1.56. The highest BCUT2D eigenvalue weighted by Crippen LogP contribution is 2.16. The van der Waals surface area contributed by atoms with E-state index in [0.717, 1.165) is 16.9 Å². The molecule has 1 N–H and O–H groups in total. The molecule has 0 radical (unpaired) electrons. The first kappa shape index (κ1) is 15.0. The topological polar surface area (TPSA) is 38.3 Å². The molecule has 0 heterocycles. The van der Waals surface area contributed by atoms with Crippen molar-refractivity contribution in [2.45, 2.75) is 18.7 Å². The van der Waals surface area contributed by atoms with Gasteiger partial charge in [-0.2, -0.15) is 11.8 Å². The van der Waals surface area contributed by atoms with Crippen molar-refractivity contribution in [2.24, 2.45) is 0 Å². The number of benzene rings is 1. The van der Waals surface area contributed by atoms with Gasteiger partial charge in [-0.05, 0) is 29.5 Å². The van der Waals surface area contributed by atoms with Crippen LogP contribution >= 0.6 is 11.8 Å². The molecule has 0 aliphatic heterocycles. The molecule has 0 aliphatic rings. The monoisotopic (exact) mass is 271 g/mol. The third kappa shape index (κ3) is 5.06. The van der Waals surface area contributed by atoms with Gasteiger partial charge < -0.3 is 10.1 Å². The number of rotatable bonds is 7. The average molecular weight is 271 g/mol. The lowest BCUT2D eigenvalue weighted by Crippen LogP contribution is -2.24. The summed E-state index contributed by atoms with van der Waals surface area (Å²) in [5.74, 6) is 0.436. The largest absolute Gasteiger partial charge is 0.384 e. The van der Waals surface area contributed by atoms with Crippen LogP contribution in [0.1, 0.15) is 17.5 Å². The Kier molecular flexibility index (Phi) is 6.75. The van der Waals surface area contributed by atoms with Crippen LogP contribution in [0.15, 0.2) is 18.2 Å². The number of carbonyl (C=O) groups excluding carboxylic acids is 1. The molecule has 1 rings (SSSR count). The Morgan fingerprint density at radius 3 is 2.89 bits per heavy atom. The van der Waals surface area contributed by atoms with Gasteiger partial charge in [0.1, 0.15) is 5.82 Å². The Morgan fingerprint density at radius 1 is 1.44 bits per heavy atom. The number of carbonyl (C=O) groups is 1. The highest BCUT2D eigenvalue weighted by molar-refractivity contribution is 7.97. The van der Waals surface area contributed by atoms with E-state index in [-0.39, 0.29) is 11.7 Å². The predicted molar refractivity (Wildman–Crippen MR) is 72.0 cm³/mol. The van der Waals surface area contributed by atoms with Crippen LogP contribution in [0, 0.1) is 5.82 Å². The third-order valence-corrected chi connectivity index (χ3v) is 3.08. The van der Waals surface area contributed by atoms with Gasteiger partial charge >= 0.3 is 0 Å². The van der Waals surface area contributed by atoms with Gasteiger partial charge in [-0.1, -0.05) is 6.07 Å². The molecular weight excluding hydrogens is 253 g/mol. The summed E-state index contributed by atoms with van der Waals surface area (Å²) < 4.78 is 18.0. The maximum Gasteiger partial charge on any atom is 0.222 e. The molecule has 0 atom stereocenters. The predicted octanol–water partition coefficient (Wildman–Crippen LogP) is 2.34. The number of nitrogens with one attached hydrogen (secondary N) is 1. The maximum absolute atomic E-state index is 13.1. The highest BCUT2D eigenvalue weighted by Gasteiger charge is 2.06. The number of hydrogen-bond acceptors (Lipinski definition) is 3. The summed E-state index contributed by atoms with van der Waals surface area (Å²) in [5.41, 5.74) is 1.88. The molecule has 3 nitrogen and oxygen atoms in total. The molecule has 0 aliphatic carbocycles. The summed E-state index contributed by atoms with van der Waals surface area (Å²) in [6.45, 7) is 0.839. The van der Waals surface area contributed by atoms with E-state index in [2.05, 4.69) is 5.32 Å². The zero-order valence-electron chi connectivity index (χ0n) is 10.7. The molecule has 100 valence electrons. The van der Waals surface area contributed by atoms with Gasteiger partial charge in [0.2, 0.25) is 5.91 Å². The van der Waals surface area contributed by atoms with Crippen LogP contribution in [0.4, 0.5) is 4.39 Å². The van der Waals surface area contributed by atoms with Crippen LogP contribution < -0.4 is 5.32 Å². The quantitative estimate of drug-likeness (QED) is 0.827. The highest BCUT2D eigenvalue weighted by atomic mass is 32.2. The van der Waals surface area contributed by atoms with E-state index in [1.807, 2.05) is 6.26 Å². The lowest BCUT2D eigenvalue weighted by Gasteiger charge is -2.10. The van der Waals surface area contributed by atoms with Crippen molar-refractivity contribution in [2.75, 3.05) is 20.0 Å². The average Bonchev–Trinajstić information content (AvgIpc) is 2.36. The van der Waals surface area contributed by atoms with Gasteiger partial charge in [-0.15, -0.1) is 0 Å². The van der Waals surface area contributed by atoms with Crippen molar-refractivity contribution in [3.8, 4) is 0 Å². The van der Waals surface area contributed by atoms with E-state index in [1.165, 1.54) is 12.1 Å². The molecule has 0 fully saturated rings. The summed E-state index contributed by atoms with van der Waals surface area (Å²) >= 11 is 1.63. The number of ether oxygens (including phenoxy) is 1. The molecule has 1 aromatic carbocycles. The number of amides is 1. The second kappa shape index (κ2) is 8.11. The van der Waals surface area contributed by atoms with Gasteiger partial charge in [0.25, 0.3) is 0 Å².